The molecule has 1 unspecified atom stereocenters. The number of carbonyl (C=O) groups is 1. The van der Waals surface area contributed by atoms with Gasteiger partial charge in [-0.3, -0.25) is 4.79 Å². The Hall–Kier alpha value is -2.93. The number of fused-ring (bicyclic) bond motifs is 1. The molecular formula is C23H30N4O3. The predicted octanol–water partition coefficient (Wildman–Crippen LogP) is 2.67. The van der Waals surface area contributed by atoms with Crippen LogP contribution in [0.3, 0.4) is 0 Å². The lowest BCUT2D eigenvalue weighted by Gasteiger charge is -2.35. The van der Waals surface area contributed by atoms with Crippen LogP contribution in [-0.2, 0) is 11.3 Å². The Morgan fingerprint density at radius 1 is 1.03 bits per heavy atom. The van der Waals surface area contributed by atoms with Crippen molar-refractivity contribution in [2.24, 2.45) is 0 Å². The topological polar surface area (TPSA) is 66.1 Å². The number of hydrogen-bond acceptors (Lipinski definition) is 6. The van der Waals surface area contributed by atoms with E-state index in [0.717, 1.165) is 55.5 Å². The van der Waals surface area contributed by atoms with Gasteiger partial charge in [-0.15, -0.1) is 0 Å². The summed E-state index contributed by atoms with van der Waals surface area (Å²) in [6.07, 6.45) is 0. The molecule has 2 heterocycles. The number of benzene rings is 2. The molecule has 0 bridgehead atoms. The molecule has 2 N–H and O–H groups in total. The van der Waals surface area contributed by atoms with Crippen LogP contribution in [-0.4, -0.2) is 56.4 Å². The maximum atomic E-state index is 12.5. The lowest BCUT2D eigenvalue weighted by Crippen LogP contribution is -2.46. The van der Waals surface area contributed by atoms with Crippen molar-refractivity contribution >= 4 is 17.3 Å². The highest BCUT2D eigenvalue weighted by atomic mass is 16.7. The van der Waals surface area contributed by atoms with Gasteiger partial charge < -0.3 is 29.9 Å². The molecule has 0 aliphatic carbocycles. The summed E-state index contributed by atoms with van der Waals surface area (Å²) in [7, 11) is 0. The summed E-state index contributed by atoms with van der Waals surface area (Å²) < 4.78 is 10.7. The zero-order valence-electron chi connectivity index (χ0n) is 17.7. The minimum Gasteiger partial charge on any atom is -0.454 e. The van der Waals surface area contributed by atoms with Crippen LogP contribution in [0.1, 0.15) is 19.4 Å². The monoisotopic (exact) mass is 410 g/mol. The number of amides is 1. The first-order valence-electron chi connectivity index (χ1n) is 10.6. The van der Waals surface area contributed by atoms with E-state index in [-0.39, 0.29) is 18.7 Å². The third-order valence-corrected chi connectivity index (χ3v) is 5.73. The highest BCUT2D eigenvalue weighted by molar-refractivity contribution is 5.84. The SMILES string of the molecule is CCN1CCN(c2ccc(NC(C)C(=O)NCc3ccc4c(c3)OCO4)cc2)CC1. The first-order valence-corrected chi connectivity index (χ1v) is 10.6. The Morgan fingerprint density at radius 2 is 1.77 bits per heavy atom. The smallest absolute Gasteiger partial charge is 0.242 e. The number of likely N-dealkylation sites (N-methyl/N-ethyl adjacent to an activating group) is 1. The van der Waals surface area contributed by atoms with Crippen LogP contribution in [0.5, 0.6) is 11.5 Å². The maximum absolute atomic E-state index is 12.5. The zero-order chi connectivity index (χ0) is 20.9. The zero-order valence-corrected chi connectivity index (χ0v) is 17.7. The second-order valence-corrected chi connectivity index (χ2v) is 7.74. The number of nitrogens with one attached hydrogen (secondary N) is 2. The molecule has 0 saturated carbocycles. The summed E-state index contributed by atoms with van der Waals surface area (Å²) in [5, 5.41) is 6.25. The van der Waals surface area contributed by atoms with Gasteiger partial charge in [-0.05, 0) is 55.4 Å². The van der Waals surface area contributed by atoms with E-state index in [9.17, 15) is 4.79 Å². The van der Waals surface area contributed by atoms with Crippen molar-refractivity contribution < 1.29 is 14.3 Å². The molecule has 1 amide bonds. The second kappa shape index (κ2) is 9.26. The van der Waals surface area contributed by atoms with Gasteiger partial charge in [-0.2, -0.15) is 0 Å². The molecule has 1 atom stereocenters. The van der Waals surface area contributed by atoms with E-state index >= 15 is 0 Å². The van der Waals surface area contributed by atoms with Crippen LogP contribution in [0.15, 0.2) is 42.5 Å². The van der Waals surface area contributed by atoms with Crippen LogP contribution in [0.25, 0.3) is 0 Å². The van der Waals surface area contributed by atoms with Crippen LogP contribution in [0.2, 0.25) is 0 Å². The quantitative estimate of drug-likeness (QED) is 0.732. The van der Waals surface area contributed by atoms with Crippen molar-refractivity contribution in [2.45, 2.75) is 26.4 Å². The largest absolute Gasteiger partial charge is 0.454 e. The fourth-order valence-corrected chi connectivity index (χ4v) is 3.80. The summed E-state index contributed by atoms with van der Waals surface area (Å²) in [4.78, 5) is 17.4. The Morgan fingerprint density at radius 3 is 2.50 bits per heavy atom. The van der Waals surface area contributed by atoms with Crippen molar-refractivity contribution in [3.63, 3.8) is 0 Å². The van der Waals surface area contributed by atoms with E-state index < -0.39 is 0 Å². The van der Waals surface area contributed by atoms with E-state index in [1.54, 1.807) is 0 Å². The standard InChI is InChI=1S/C23H30N4O3/c1-3-26-10-12-27(13-11-26)20-7-5-19(6-8-20)25-17(2)23(28)24-15-18-4-9-21-22(14-18)30-16-29-21/h4-9,14,17,25H,3,10-13,15-16H2,1-2H3,(H,24,28). The minimum atomic E-state index is -0.335. The van der Waals surface area contributed by atoms with E-state index in [1.807, 2.05) is 37.3 Å². The Balaban J connectivity index is 1.26. The van der Waals surface area contributed by atoms with Crippen LogP contribution >= 0.6 is 0 Å². The summed E-state index contributed by atoms with van der Waals surface area (Å²) in [6, 6.07) is 13.7. The lowest BCUT2D eigenvalue weighted by atomic mass is 10.2. The van der Waals surface area contributed by atoms with E-state index in [1.165, 1.54) is 5.69 Å². The molecule has 7 heteroatoms. The van der Waals surface area contributed by atoms with Gasteiger partial charge in [0.15, 0.2) is 11.5 Å². The van der Waals surface area contributed by atoms with Gasteiger partial charge in [-0.1, -0.05) is 13.0 Å². The molecule has 7 nitrogen and oxygen atoms in total. The molecule has 2 aliphatic heterocycles. The number of anilines is 2. The van der Waals surface area contributed by atoms with Crippen molar-refractivity contribution in [3.8, 4) is 11.5 Å². The number of rotatable bonds is 7. The average Bonchev–Trinajstić information content (AvgIpc) is 3.26. The fourth-order valence-electron chi connectivity index (χ4n) is 3.80. The fraction of sp³-hybridized carbons (Fsp3) is 0.435. The van der Waals surface area contributed by atoms with Gasteiger partial charge in [0.05, 0.1) is 0 Å². The first-order chi connectivity index (χ1) is 14.6. The molecule has 0 aromatic heterocycles. The molecular weight excluding hydrogens is 380 g/mol. The molecule has 2 aromatic rings. The highest BCUT2D eigenvalue weighted by Gasteiger charge is 2.17. The minimum absolute atomic E-state index is 0.0487. The Bertz CT molecular complexity index is 863. The number of nitrogens with zero attached hydrogens (tertiary/aromatic N) is 2. The van der Waals surface area contributed by atoms with Gasteiger partial charge in [0, 0.05) is 44.1 Å². The summed E-state index contributed by atoms with van der Waals surface area (Å²) >= 11 is 0. The third kappa shape index (κ3) is 4.79. The molecule has 1 fully saturated rings. The van der Waals surface area contributed by atoms with Crippen molar-refractivity contribution in [1.82, 2.24) is 10.2 Å². The van der Waals surface area contributed by atoms with Gasteiger partial charge in [0.2, 0.25) is 12.7 Å². The molecule has 2 aliphatic rings. The number of carbonyl (C=O) groups excluding carboxylic acids is 1. The molecule has 30 heavy (non-hydrogen) atoms. The van der Waals surface area contributed by atoms with Gasteiger partial charge in [0.1, 0.15) is 6.04 Å². The van der Waals surface area contributed by atoms with Gasteiger partial charge in [0.25, 0.3) is 0 Å². The molecule has 1 saturated heterocycles. The van der Waals surface area contributed by atoms with Crippen LogP contribution in [0.4, 0.5) is 11.4 Å². The summed E-state index contributed by atoms with van der Waals surface area (Å²) in [6.45, 7) is 10.2. The van der Waals surface area contributed by atoms with E-state index in [2.05, 4.69) is 39.5 Å². The second-order valence-electron chi connectivity index (χ2n) is 7.74. The van der Waals surface area contributed by atoms with E-state index in [4.69, 9.17) is 9.47 Å². The molecule has 4 rings (SSSR count). The average molecular weight is 411 g/mol. The van der Waals surface area contributed by atoms with E-state index in [0.29, 0.717) is 6.54 Å². The van der Waals surface area contributed by atoms with Crippen molar-refractivity contribution in [3.05, 3.63) is 48.0 Å². The first kappa shape index (κ1) is 20.3. The number of piperazine rings is 1. The van der Waals surface area contributed by atoms with Crippen LogP contribution < -0.4 is 25.0 Å². The predicted molar refractivity (Wildman–Crippen MR) is 118 cm³/mol. The number of ether oxygens (including phenoxy) is 2. The normalized spacial score (nSPS) is 16.9. The third-order valence-electron chi connectivity index (χ3n) is 5.73. The lowest BCUT2D eigenvalue weighted by molar-refractivity contribution is -0.121. The summed E-state index contributed by atoms with van der Waals surface area (Å²) in [5.74, 6) is 1.42. The Kier molecular flexibility index (Phi) is 6.28. The Labute approximate surface area is 177 Å². The summed E-state index contributed by atoms with van der Waals surface area (Å²) in [5.41, 5.74) is 3.15. The van der Waals surface area contributed by atoms with Gasteiger partial charge in [-0.25, -0.2) is 0 Å². The van der Waals surface area contributed by atoms with Crippen molar-refractivity contribution in [1.29, 1.82) is 0 Å². The molecule has 0 radical (unpaired) electrons. The van der Waals surface area contributed by atoms with Crippen LogP contribution in [0, 0.1) is 0 Å². The van der Waals surface area contributed by atoms with Gasteiger partial charge >= 0.3 is 0 Å². The van der Waals surface area contributed by atoms with Crippen molar-refractivity contribution in [2.75, 3.05) is 49.7 Å². The molecule has 160 valence electrons. The number of hydrogen-bond donors (Lipinski definition) is 2. The molecule has 2 aromatic carbocycles. The molecule has 0 spiro atoms. The highest BCUT2D eigenvalue weighted by Crippen LogP contribution is 2.32. The maximum Gasteiger partial charge on any atom is 0.242 e.